The van der Waals surface area contributed by atoms with Crippen LogP contribution in [0, 0.1) is 6.92 Å². The maximum atomic E-state index is 12.9. The molecule has 0 bridgehead atoms. The van der Waals surface area contributed by atoms with Gasteiger partial charge in [-0.15, -0.1) is 11.3 Å². The summed E-state index contributed by atoms with van der Waals surface area (Å²) >= 11 is 6.67. The number of unbranched alkanes of at least 4 members (excludes halogenated alkanes) is 7. The van der Waals surface area contributed by atoms with E-state index in [0.717, 1.165) is 13.0 Å². The lowest BCUT2D eigenvalue weighted by atomic mass is 10.1. The third-order valence-corrected chi connectivity index (χ3v) is 6.77. The van der Waals surface area contributed by atoms with Crippen LogP contribution in [-0.2, 0) is 4.74 Å². The van der Waals surface area contributed by atoms with Crippen LogP contribution in [0.25, 0.3) is 0 Å². The molecule has 1 amide bonds. The van der Waals surface area contributed by atoms with E-state index >= 15 is 0 Å². The predicted octanol–water partition coefficient (Wildman–Crippen LogP) is 5.75. The van der Waals surface area contributed by atoms with Crippen LogP contribution >= 0.6 is 23.6 Å². The third kappa shape index (κ3) is 8.77. The molecule has 176 valence electrons. The van der Waals surface area contributed by atoms with Crippen molar-refractivity contribution in [1.29, 1.82) is 0 Å². The highest BCUT2D eigenvalue weighted by Crippen LogP contribution is 2.34. The summed E-state index contributed by atoms with van der Waals surface area (Å²) in [5.41, 5.74) is 1.00. The molecule has 2 N–H and O–H groups in total. The minimum absolute atomic E-state index is 0.0801. The Bertz CT molecular complexity index is 715. The van der Waals surface area contributed by atoms with Crippen molar-refractivity contribution in [1.82, 2.24) is 10.2 Å². The van der Waals surface area contributed by atoms with Gasteiger partial charge in [0.15, 0.2) is 5.11 Å². The number of rotatable bonds is 14. The van der Waals surface area contributed by atoms with Gasteiger partial charge in [-0.1, -0.05) is 51.9 Å². The number of nitrogens with one attached hydrogen (secondary N) is 2. The summed E-state index contributed by atoms with van der Waals surface area (Å²) in [6.45, 7) is 9.90. The number of carbonyl (C=O) groups is 2. The van der Waals surface area contributed by atoms with E-state index in [1.807, 2.05) is 13.8 Å². The smallest absolute Gasteiger partial charge is 0.341 e. The Hall–Kier alpha value is -1.67. The summed E-state index contributed by atoms with van der Waals surface area (Å²) < 4.78 is 4.95. The van der Waals surface area contributed by atoms with Gasteiger partial charge < -0.3 is 20.3 Å². The number of thiocarbonyl (C=S) groups is 1. The Morgan fingerprint density at radius 3 is 2.13 bits per heavy atom. The Kier molecular flexibility index (Phi) is 13.4. The minimum Gasteiger partial charge on any atom is -0.465 e. The number of esters is 1. The summed E-state index contributed by atoms with van der Waals surface area (Å²) in [6.07, 6.45) is 10.0. The summed E-state index contributed by atoms with van der Waals surface area (Å²) in [7, 11) is 1.34. The molecule has 0 fully saturated rings. The second-order valence-electron chi connectivity index (χ2n) is 7.59. The Labute approximate surface area is 197 Å². The van der Waals surface area contributed by atoms with Crippen molar-refractivity contribution in [3.8, 4) is 0 Å². The first kappa shape index (κ1) is 27.4. The van der Waals surface area contributed by atoms with Gasteiger partial charge in [-0.2, -0.15) is 0 Å². The van der Waals surface area contributed by atoms with Gasteiger partial charge in [-0.3, -0.25) is 4.79 Å². The first-order valence-corrected chi connectivity index (χ1v) is 12.7. The van der Waals surface area contributed by atoms with Gasteiger partial charge in [0.2, 0.25) is 0 Å². The van der Waals surface area contributed by atoms with Crippen LogP contribution in [0.3, 0.4) is 0 Å². The fourth-order valence-corrected chi connectivity index (χ4v) is 4.85. The molecule has 0 atom stereocenters. The van der Waals surface area contributed by atoms with E-state index in [2.05, 4.69) is 17.6 Å². The number of carbonyl (C=O) groups excluding carboxylic acids is 2. The lowest BCUT2D eigenvalue weighted by Gasteiger charge is -2.17. The molecule has 8 heteroatoms. The maximum absolute atomic E-state index is 12.9. The summed E-state index contributed by atoms with van der Waals surface area (Å²) in [5, 5.41) is 7.32. The summed E-state index contributed by atoms with van der Waals surface area (Å²) in [5.74, 6) is -0.552. The van der Waals surface area contributed by atoms with Gasteiger partial charge in [-0.05, 0) is 45.0 Å². The maximum Gasteiger partial charge on any atom is 0.341 e. The highest BCUT2D eigenvalue weighted by atomic mass is 32.1. The third-order valence-electron chi connectivity index (χ3n) is 5.32. The molecule has 0 radical (unpaired) electrons. The van der Waals surface area contributed by atoms with Gasteiger partial charge in [-0.25, -0.2) is 4.79 Å². The second-order valence-corrected chi connectivity index (χ2v) is 9.01. The standard InChI is InChI=1S/C23H39N3O3S2/c1-6-9-10-11-12-13-14-15-16-24-23(30)25-20-18(22(28)29-5)17(4)19(31-20)21(27)26(7-2)8-3/h6-16H2,1-5H3,(H2,24,25,30). The minimum atomic E-state index is -0.472. The van der Waals surface area contributed by atoms with E-state index in [-0.39, 0.29) is 5.91 Å². The molecule has 0 saturated heterocycles. The van der Waals surface area contributed by atoms with Crippen molar-refractivity contribution < 1.29 is 14.3 Å². The summed E-state index contributed by atoms with van der Waals surface area (Å²) in [4.78, 5) is 27.5. The van der Waals surface area contributed by atoms with Crippen molar-refractivity contribution in [2.45, 2.75) is 79.1 Å². The van der Waals surface area contributed by atoms with Crippen molar-refractivity contribution in [2.24, 2.45) is 0 Å². The lowest BCUT2D eigenvalue weighted by molar-refractivity contribution is 0.0601. The highest BCUT2D eigenvalue weighted by molar-refractivity contribution is 7.80. The zero-order chi connectivity index (χ0) is 23.2. The van der Waals surface area contributed by atoms with Crippen LogP contribution in [0.2, 0.25) is 0 Å². The number of methoxy groups -OCH3 is 1. The molecule has 1 heterocycles. The van der Waals surface area contributed by atoms with Crippen molar-refractivity contribution in [3.63, 3.8) is 0 Å². The molecule has 6 nitrogen and oxygen atoms in total. The van der Waals surface area contributed by atoms with Crippen molar-refractivity contribution >= 4 is 45.5 Å². The van der Waals surface area contributed by atoms with E-state index < -0.39 is 5.97 Å². The van der Waals surface area contributed by atoms with E-state index in [1.165, 1.54) is 63.4 Å². The Morgan fingerprint density at radius 2 is 1.58 bits per heavy atom. The molecule has 1 aromatic heterocycles. The van der Waals surface area contributed by atoms with Crippen LogP contribution in [0.4, 0.5) is 5.00 Å². The molecule has 1 aromatic rings. The van der Waals surface area contributed by atoms with Crippen LogP contribution in [0.1, 0.15) is 97.7 Å². The molecule has 1 rings (SSSR count). The van der Waals surface area contributed by atoms with Gasteiger partial charge in [0.1, 0.15) is 5.00 Å². The number of amides is 1. The van der Waals surface area contributed by atoms with E-state index in [0.29, 0.717) is 39.2 Å². The first-order chi connectivity index (χ1) is 14.9. The van der Waals surface area contributed by atoms with Gasteiger partial charge in [0.25, 0.3) is 5.91 Å². The average molecular weight is 470 g/mol. The molecular weight excluding hydrogens is 430 g/mol. The molecule has 0 unspecified atom stereocenters. The SMILES string of the molecule is CCCCCCCCCCNC(=S)Nc1sc(C(=O)N(CC)CC)c(C)c1C(=O)OC. The van der Waals surface area contributed by atoms with Gasteiger partial charge >= 0.3 is 5.97 Å². The number of ether oxygens (including phenoxy) is 1. The topological polar surface area (TPSA) is 70.7 Å². The molecule has 0 saturated carbocycles. The molecule has 0 spiro atoms. The van der Waals surface area contributed by atoms with Crippen molar-refractivity contribution in [3.05, 3.63) is 16.0 Å². The van der Waals surface area contributed by atoms with E-state index in [1.54, 1.807) is 11.8 Å². The number of anilines is 1. The molecule has 0 aliphatic heterocycles. The monoisotopic (exact) mass is 469 g/mol. The molecule has 0 aliphatic carbocycles. The van der Waals surface area contributed by atoms with Crippen molar-refractivity contribution in [2.75, 3.05) is 32.1 Å². The number of hydrogen-bond acceptors (Lipinski definition) is 5. The van der Waals surface area contributed by atoms with Crippen LogP contribution in [0.15, 0.2) is 0 Å². The second kappa shape index (κ2) is 15.2. The summed E-state index contributed by atoms with van der Waals surface area (Å²) in [6, 6.07) is 0. The number of nitrogens with zero attached hydrogens (tertiary/aromatic N) is 1. The van der Waals surface area contributed by atoms with Crippen LogP contribution < -0.4 is 10.6 Å². The zero-order valence-corrected chi connectivity index (χ0v) is 21.4. The van der Waals surface area contributed by atoms with Gasteiger partial charge in [0, 0.05) is 19.6 Å². The molecular formula is C23H39N3O3S2. The average Bonchev–Trinajstić information content (AvgIpc) is 3.08. The van der Waals surface area contributed by atoms with Crippen LogP contribution in [-0.4, -0.2) is 48.6 Å². The Balaban J connectivity index is 2.66. The quantitative estimate of drug-likeness (QED) is 0.205. The Morgan fingerprint density at radius 1 is 1.00 bits per heavy atom. The lowest BCUT2D eigenvalue weighted by Crippen LogP contribution is -2.30. The van der Waals surface area contributed by atoms with Crippen LogP contribution in [0.5, 0.6) is 0 Å². The largest absolute Gasteiger partial charge is 0.465 e. The normalized spacial score (nSPS) is 10.6. The fraction of sp³-hybridized carbons (Fsp3) is 0.696. The molecule has 0 aliphatic rings. The van der Waals surface area contributed by atoms with E-state index in [4.69, 9.17) is 17.0 Å². The number of thiophene rings is 1. The molecule has 31 heavy (non-hydrogen) atoms. The number of hydrogen-bond donors (Lipinski definition) is 2. The predicted molar refractivity (Wildman–Crippen MR) is 134 cm³/mol. The van der Waals surface area contributed by atoms with Gasteiger partial charge in [0.05, 0.1) is 17.6 Å². The molecule has 0 aromatic carbocycles. The highest BCUT2D eigenvalue weighted by Gasteiger charge is 2.27. The zero-order valence-electron chi connectivity index (χ0n) is 19.8. The fourth-order valence-electron chi connectivity index (χ4n) is 3.42. The van der Waals surface area contributed by atoms with E-state index in [9.17, 15) is 9.59 Å². The first-order valence-electron chi connectivity index (χ1n) is 11.5.